The van der Waals surface area contributed by atoms with Gasteiger partial charge in [-0.05, 0) is 25.9 Å². The molecular formula is C9H15NS3. The molecule has 0 aromatic carbocycles. The zero-order valence-electron chi connectivity index (χ0n) is 7.70. The Morgan fingerprint density at radius 3 is 2.69 bits per heavy atom. The zero-order valence-corrected chi connectivity index (χ0v) is 10.1. The number of rotatable bonds is 2. The van der Waals surface area contributed by atoms with Gasteiger partial charge in [0.25, 0.3) is 0 Å². The Balaban J connectivity index is 1.73. The molecule has 2 saturated heterocycles. The highest BCUT2D eigenvalue weighted by atomic mass is 32.2. The van der Waals surface area contributed by atoms with Crippen molar-refractivity contribution in [1.29, 1.82) is 0 Å². The van der Waals surface area contributed by atoms with E-state index in [9.17, 15) is 0 Å². The first-order valence-corrected chi connectivity index (χ1v) is 7.18. The van der Waals surface area contributed by atoms with E-state index < -0.39 is 0 Å². The van der Waals surface area contributed by atoms with Gasteiger partial charge >= 0.3 is 0 Å². The van der Waals surface area contributed by atoms with E-state index in [4.69, 9.17) is 12.2 Å². The topological polar surface area (TPSA) is 3.24 Å². The maximum Gasteiger partial charge on any atom is 0.104 e. The zero-order chi connectivity index (χ0) is 9.10. The van der Waals surface area contributed by atoms with E-state index in [0.717, 1.165) is 8.78 Å². The van der Waals surface area contributed by atoms with Crippen molar-refractivity contribution in [1.82, 2.24) is 4.90 Å². The highest BCUT2D eigenvalue weighted by Gasteiger charge is 2.23. The molecule has 13 heavy (non-hydrogen) atoms. The van der Waals surface area contributed by atoms with Crippen LogP contribution in [0.5, 0.6) is 0 Å². The van der Waals surface area contributed by atoms with E-state index in [0.29, 0.717) is 0 Å². The second-order valence-corrected chi connectivity index (χ2v) is 7.19. The Morgan fingerprint density at radius 1 is 1.31 bits per heavy atom. The molecule has 1 atom stereocenters. The Bertz CT molecular complexity index is 189. The third-order valence-corrected chi connectivity index (χ3v) is 5.70. The quantitative estimate of drug-likeness (QED) is 0.674. The molecule has 0 N–H and O–H groups in total. The molecule has 0 aromatic rings. The van der Waals surface area contributed by atoms with Gasteiger partial charge in [-0.15, -0.1) is 23.5 Å². The average Bonchev–Trinajstić information content (AvgIpc) is 2.53. The number of likely N-dealkylation sites (tertiary alicyclic amines) is 1. The minimum absolute atomic E-state index is 0.774. The number of nitrogens with zero attached hydrogens (tertiary/aromatic N) is 1. The van der Waals surface area contributed by atoms with E-state index in [2.05, 4.69) is 4.90 Å². The summed E-state index contributed by atoms with van der Waals surface area (Å²) < 4.78 is 1.15. The summed E-state index contributed by atoms with van der Waals surface area (Å²) in [5.41, 5.74) is 0. The van der Waals surface area contributed by atoms with Crippen molar-refractivity contribution in [3.8, 4) is 0 Å². The predicted molar refractivity (Wildman–Crippen MR) is 66.7 cm³/mol. The largest absolute Gasteiger partial charge is 0.302 e. The molecule has 2 fully saturated rings. The minimum Gasteiger partial charge on any atom is -0.302 e. The molecule has 2 heterocycles. The summed E-state index contributed by atoms with van der Waals surface area (Å²) in [4.78, 5) is 2.61. The van der Waals surface area contributed by atoms with Crippen LogP contribution in [0.4, 0.5) is 0 Å². The normalized spacial score (nSPS) is 31.1. The van der Waals surface area contributed by atoms with Crippen LogP contribution in [0, 0.1) is 0 Å². The summed E-state index contributed by atoms with van der Waals surface area (Å²) in [6.07, 6.45) is 4.23. The van der Waals surface area contributed by atoms with Crippen LogP contribution in [-0.4, -0.2) is 39.1 Å². The van der Waals surface area contributed by atoms with Crippen molar-refractivity contribution in [2.45, 2.75) is 24.5 Å². The highest BCUT2D eigenvalue weighted by molar-refractivity contribution is 8.49. The number of piperidine rings is 1. The molecule has 0 bridgehead atoms. The maximum atomic E-state index is 5.17. The second-order valence-electron chi connectivity index (χ2n) is 3.66. The van der Waals surface area contributed by atoms with Gasteiger partial charge in [-0.1, -0.05) is 18.6 Å². The third-order valence-electron chi connectivity index (χ3n) is 2.56. The van der Waals surface area contributed by atoms with Crippen LogP contribution < -0.4 is 0 Å². The molecule has 0 aromatic heterocycles. The maximum absolute atomic E-state index is 5.17. The lowest BCUT2D eigenvalue weighted by atomic mass is 10.1. The Labute approximate surface area is 94.0 Å². The molecule has 2 rings (SSSR count). The first kappa shape index (κ1) is 10.3. The first-order valence-electron chi connectivity index (χ1n) is 4.90. The van der Waals surface area contributed by atoms with E-state index in [1.807, 2.05) is 23.5 Å². The number of thioether (sulfide) groups is 2. The average molecular weight is 233 g/mol. The number of thiocarbonyl (C=S) groups is 1. The molecule has 0 aliphatic carbocycles. The number of hydrogen-bond donors (Lipinski definition) is 0. The van der Waals surface area contributed by atoms with Gasteiger partial charge in [0.15, 0.2) is 0 Å². The van der Waals surface area contributed by atoms with Crippen LogP contribution in [0.2, 0.25) is 0 Å². The van der Waals surface area contributed by atoms with Crippen molar-refractivity contribution >= 4 is 39.3 Å². The van der Waals surface area contributed by atoms with Crippen molar-refractivity contribution in [2.75, 3.05) is 25.4 Å². The summed E-state index contributed by atoms with van der Waals surface area (Å²) in [6, 6.07) is 0. The van der Waals surface area contributed by atoms with Crippen LogP contribution in [0.15, 0.2) is 0 Å². The van der Waals surface area contributed by atoms with Crippen LogP contribution in [-0.2, 0) is 0 Å². The van der Waals surface area contributed by atoms with Crippen LogP contribution in [0.3, 0.4) is 0 Å². The molecule has 2 aliphatic heterocycles. The van der Waals surface area contributed by atoms with Crippen molar-refractivity contribution in [2.24, 2.45) is 0 Å². The van der Waals surface area contributed by atoms with Crippen molar-refractivity contribution < 1.29 is 0 Å². The monoisotopic (exact) mass is 233 g/mol. The molecule has 0 saturated carbocycles. The van der Waals surface area contributed by atoms with E-state index in [-0.39, 0.29) is 0 Å². The van der Waals surface area contributed by atoms with Crippen LogP contribution >= 0.6 is 35.7 Å². The molecule has 4 heteroatoms. The van der Waals surface area contributed by atoms with Gasteiger partial charge < -0.3 is 4.90 Å². The van der Waals surface area contributed by atoms with Gasteiger partial charge in [0, 0.05) is 17.5 Å². The van der Waals surface area contributed by atoms with Crippen molar-refractivity contribution in [3.63, 3.8) is 0 Å². The van der Waals surface area contributed by atoms with Crippen LogP contribution in [0.25, 0.3) is 0 Å². The van der Waals surface area contributed by atoms with E-state index >= 15 is 0 Å². The van der Waals surface area contributed by atoms with Crippen LogP contribution in [0.1, 0.15) is 19.3 Å². The highest BCUT2D eigenvalue weighted by Crippen LogP contribution is 2.33. The summed E-state index contributed by atoms with van der Waals surface area (Å²) in [6.45, 7) is 3.89. The molecule has 0 spiro atoms. The molecule has 2 aliphatic rings. The van der Waals surface area contributed by atoms with Crippen molar-refractivity contribution in [3.05, 3.63) is 0 Å². The predicted octanol–water partition coefficient (Wildman–Crippen LogP) is 2.61. The van der Waals surface area contributed by atoms with E-state index in [1.165, 1.54) is 44.6 Å². The second kappa shape index (κ2) is 5.01. The molecular weight excluding hydrogens is 218 g/mol. The third kappa shape index (κ3) is 3.11. The Hall–Kier alpha value is 0.750. The fraction of sp³-hybridized carbons (Fsp3) is 0.889. The number of hydrogen-bond acceptors (Lipinski definition) is 4. The summed E-state index contributed by atoms with van der Waals surface area (Å²) in [7, 11) is 0. The lowest BCUT2D eigenvalue weighted by Gasteiger charge is -2.28. The summed E-state index contributed by atoms with van der Waals surface area (Å²) in [5.74, 6) is 1.24. The molecule has 1 unspecified atom stereocenters. The summed E-state index contributed by atoms with van der Waals surface area (Å²) >= 11 is 8.94. The molecule has 74 valence electrons. The van der Waals surface area contributed by atoms with Gasteiger partial charge in [-0.2, -0.15) is 0 Å². The van der Waals surface area contributed by atoms with Gasteiger partial charge in [-0.3, -0.25) is 0 Å². The van der Waals surface area contributed by atoms with Gasteiger partial charge in [0.1, 0.15) is 3.53 Å². The van der Waals surface area contributed by atoms with Gasteiger partial charge in [0.2, 0.25) is 0 Å². The Kier molecular flexibility index (Phi) is 3.96. The Morgan fingerprint density at radius 2 is 2.08 bits per heavy atom. The fourth-order valence-electron chi connectivity index (χ4n) is 1.89. The summed E-state index contributed by atoms with van der Waals surface area (Å²) in [5, 5.41) is 0.774. The SMILES string of the molecule is S=C1SCC(CN2CCCCC2)S1. The van der Waals surface area contributed by atoms with Gasteiger partial charge in [0.05, 0.1) is 0 Å². The fourth-order valence-corrected chi connectivity index (χ4v) is 4.84. The van der Waals surface area contributed by atoms with Gasteiger partial charge in [-0.25, -0.2) is 0 Å². The van der Waals surface area contributed by atoms with E-state index in [1.54, 1.807) is 0 Å². The smallest absolute Gasteiger partial charge is 0.104 e. The lowest BCUT2D eigenvalue weighted by molar-refractivity contribution is 0.232. The minimum atomic E-state index is 0.774. The molecule has 1 nitrogen and oxygen atoms in total. The first-order chi connectivity index (χ1) is 6.34. The standard InChI is InChI=1S/C9H15NS3/c11-9-12-7-8(13-9)6-10-4-2-1-3-5-10/h8H,1-7H2. The molecule has 0 amide bonds. The lowest BCUT2D eigenvalue weighted by Crippen LogP contribution is -2.35. The molecule has 0 radical (unpaired) electrons.